The maximum Gasteiger partial charge on any atom is 0.407 e. The Kier molecular flexibility index (Phi) is 9.33. The SMILES string of the molecule is COC(=O)N[C@H](S[C@@H](NC(=O)OC)C(Cl)(Cl)Cl)C(Cl)(Cl)Cl. The van der Waals surface area contributed by atoms with Gasteiger partial charge in [-0.25, -0.2) is 9.59 Å². The molecule has 0 aliphatic heterocycles. The van der Waals surface area contributed by atoms with Gasteiger partial charge in [0.25, 0.3) is 0 Å². The molecule has 0 aliphatic carbocycles. The predicted molar refractivity (Wildman–Crippen MR) is 86.8 cm³/mol. The van der Waals surface area contributed by atoms with Crippen molar-refractivity contribution in [3.63, 3.8) is 0 Å². The monoisotopic (exact) mass is 440 g/mol. The molecule has 0 unspecified atom stereocenters. The number of carbonyl (C=O) groups excluding carboxylic acids is 2. The highest BCUT2D eigenvalue weighted by Gasteiger charge is 2.43. The molecule has 2 N–H and O–H groups in total. The molecule has 6 nitrogen and oxygen atoms in total. The number of thioether (sulfide) groups is 1. The lowest BCUT2D eigenvalue weighted by molar-refractivity contribution is 0.170. The Bertz CT molecular complexity index is 341. The van der Waals surface area contributed by atoms with Crippen molar-refractivity contribution in [2.45, 2.75) is 18.3 Å². The Morgan fingerprint density at radius 3 is 1.33 bits per heavy atom. The van der Waals surface area contributed by atoms with Crippen LogP contribution < -0.4 is 10.6 Å². The van der Waals surface area contributed by atoms with Crippen molar-refractivity contribution in [3.8, 4) is 0 Å². The summed E-state index contributed by atoms with van der Waals surface area (Å²) >= 11 is 35.1. The van der Waals surface area contributed by atoms with Crippen LogP contribution in [0.5, 0.6) is 0 Å². The van der Waals surface area contributed by atoms with Gasteiger partial charge < -0.3 is 20.1 Å². The number of nitrogens with one attached hydrogen (secondary N) is 2. The molecule has 0 aromatic heterocycles. The van der Waals surface area contributed by atoms with E-state index in [2.05, 4.69) is 20.1 Å². The first-order chi connectivity index (χ1) is 9.41. The van der Waals surface area contributed by atoms with Gasteiger partial charge >= 0.3 is 12.2 Å². The second-order valence-corrected chi connectivity index (χ2v) is 9.20. The zero-order valence-electron chi connectivity index (χ0n) is 10.5. The number of halogens is 6. The molecule has 2 atom stereocenters. The smallest absolute Gasteiger partial charge is 0.407 e. The topological polar surface area (TPSA) is 76.7 Å². The Labute approximate surface area is 155 Å². The number of ether oxygens (including phenoxy) is 2. The van der Waals surface area contributed by atoms with Crippen LogP contribution in [0.4, 0.5) is 9.59 Å². The lowest BCUT2D eigenvalue weighted by atomic mass is 10.7. The fourth-order valence-corrected chi connectivity index (χ4v) is 3.02. The van der Waals surface area contributed by atoms with E-state index in [1.165, 1.54) is 0 Å². The summed E-state index contributed by atoms with van der Waals surface area (Å²) < 4.78 is 4.86. The van der Waals surface area contributed by atoms with Crippen molar-refractivity contribution < 1.29 is 19.1 Å². The van der Waals surface area contributed by atoms with Crippen LogP contribution in [0.2, 0.25) is 0 Å². The highest BCUT2D eigenvalue weighted by Crippen LogP contribution is 2.43. The Morgan fingerprint density at radius 2 is 1.14 bits per heavy atom. The molecule has 124 valence electrons. The zero-order valence-corrected chi connectivity index (χ0v) is 15.8. The molecule has 0 saturated carbocycles. The van der Waals surface area contributed by atoms with Crippen molar-refractivity contribution in [1.29, 1.82) is 0 Å². The molecule has 0 heterocycles. The number of methoxy groups -OCH3 is 2. The summed E-state index contributed by atoms with van der Waals surface area (Å²) in [6.45, 7) is 0. The molecule has 0 spiro atoms. The van der Waals surface area contributed by atoms with Crippen LogP contribution in [-0.4, -0.2) is 44.7 Å². The number of hydrogen-bond donors (Lipinski definition) is 2. The van der Waals surface area contributed by atoms with Crippen LogP contribution in [0.3, 0.4) is 0 Å². The molecule has 0 fully saturated rings. The molecule has 0 saturated heterocycles. The first-order valence-corrected chi connectivity index (χ1v) is 8.10. The molecule has 0 aliphatic rings. The number of rotatable bonds is 4. The normalized spacial score (nSPS) is 14.9. The lowest BCUT2D eigenvalue weighted by Gasteiger charge is -2.31. The summed E-state index contributed by atoms with van der Waals surface area (Å²) in [4.78, 5) is 22.5. The molecule has 0 bridgehead atoms. The predicted octanol–water partition coefficient (Wildman–Crippen LogP) is 3.82. The number of alkyl carbamates (subject to hydrolysis) is 2. The minimum Gasteiger partial charge on any atom is -0.453 e. The van der Waals surface area contributed by atoms with E-state index >= 15 is 0 Å². The minimum atomic E-state index is -1.97. The van der Waals surface area contributed by atoms with Gasteiger partial charge in [-0.1, -0.05) is 69.6 Å². The van der Waals surface area contributed by atoms with Crippen molar-refractivity contribution in [1.82, 2.24) is 10.6 Å². The summed E-state index contributed by atoms with van der Waals surface area (Å²) in [5.74, 6) is 0. The van der Waals surface area contributed by atoms with Crippen LogP contribution in [0.25, 0.3) is 0 Å². The second kappa shape index (κ2) is 9.05. The molecule has 0 aromatic carbocycles. The molecule has 2 amide bonds. The van der Waals surface area contributed by atoms with Gasteiger partial charge in [0.2, 0.25) is 7.59 Å². The average Bonchev–Trinajstić information content (AvgIpc) is 2.33. The maximum absolute atomic E-state index is 11.2. The summed E-state index contributed by atoms with van der Waals surface area (Å²) in [7, 11) is 2.24. The third-order valence-electron chi connectivity index (χ3n) is 1.74. The molecular formula is C8H10Cl6N2O4S. The minimum absolute atomic E-state index is 0.676. The van der Waals surface area contributed by atoms with Crippen molar-refractivity contribution in [2.75, 3.05) is 14.2 Å². The Hall–Kier alpha value is 0.630. The highest BCUT2D eigenvalue weighted by atomic mass is 35.6. The first kappa shape index (κ1) is 21.6. The van der Waals surface area contributed by atoms with E-state index in [1.807, 2.05) is 0 Å². The third-order valence-corrected chi connectivity index (χ3v) is 5.31. The van der Waals surface area contributed by atoms with Crippen LogP contribution in [0, 0.1) is 0 Å². The standard InChI is InChI=1S/C8H10Cl6N2O4S/c1-19-5(17)15-3(7(9,10)11)21-4(8(12,13)14)16-6(18)20-2/h3-4H,1-2H3,(H,15,17)(H,16,18)/t3-,4-/m1/s1. The van der Waals surface area contributed by atoms with Crippen molar-refractivity contribution in [3.05, 3.63) is 0 Å². The van der Waals surface area contributed by atoms with E-state index in [4.69, 9.17) is 69.6 Å². The number of carbonyl (C=O) groups is 2. The van der Waals surface area contributed by atoms with Gasteiger partial charge in [0.05, 0.1) is 14.2 Å². The summed E-state index contributed by atoms with van der Waals surface area (Å²) in [5.41, 5.74) is 0. The first-order valence-electron chi connectivity index (χ1n) is 4.89. The lowest BCUT2D eigenvalue weighted by Crippen LogP contribution is -2.48. The summed E-state index contributed by atoms with van der Waals surface area (Å²) in [6, 6.07) is 0. The van der Waals surface area contributed by atoms with Crippen molar-refractivity contribution in [2.24, 2.45) is 0 Å². The van der Waals surface area contributed by atoms with Gasteiger partial charge in [0.1, 0.15) is 10.7 Å². The van der Waals surface area contributed by atoms with Gasteiger partial charge in [-0.2, -0.15) is 0 Å². The second-order valence-electron chi connectivity index (χ2n) is 3.25. The van der Waals surface area contributed by atoms with E-state index in [-0.39, 0.29) is 0 Å². The fraction of sp³-hybridized carbons (Fsp3) is 0.750. The third kappa shape index (κ3) is 8.74. The Morgan fingerprint density at radius 1 is 0.857 bits per heavy atom. The number of alkyl halides is 6. The van der Waals surface area contributed by atoms with Gasteiger partial charge in [0, 0.05) is 0 Å². The largest absolute Gasteiger partial charge is 0.453 e. The zero-order chi connectivity index (χ0) is 16.8. The molecular weight excluding hydrogens is 433 g/mol. The summed E-state index contributed by atoms with van der Waals surface area (Å²) in [5, 5.41) is 2.10. The fourth-order valence-electron chi connectivity index (χ4n) is 0.854. The van der Waals surface area contributed by atoms with E-state index in [0.717, 1.165) is 14.2 Å². The van der Waals surface area contributed by atoms with Gasteiger partial charge in [-0.15, -0.1) is 11.8 Å². The van der Waals surface area contributed by atoms with E-state index < -0.39 is 30.5 Å². The molecule has 0 aromatic rings. The van der Waals surface area contributed by atoms with E-state index in [1.54, 1.807) is 0 Å². The molecule has 0 radical (unpaired) electrons. The van der Waals surface area contributed by atoms with Crippen LogP contribution in [-0.2, 0) is 9.47 Å². The van der Waals surface area contributed by atoms with Gasteiger partial charge in [-0.05, 0) is 0 Å². The van der Waals surface area contributed by atoms with Crippen molar-refractivity contribution >= 4 is 93.6 Å². The van der Waals surface area contributed by atoms with Crippen LogP contribution in [0.1, 0.15) is 0 Å². The quantitative estimate of drug-likeness (QED) is 0.511. The molecule has 21 heavy (non-hydrogen) atoms. The maximum atomic E-state index is 11.2. The summed E-state index contributed by atoms with van der Waals surface area (Å²) in [6.07, 6.45) is -1.75. The number of hydrogen-bond acceptors (Lipinski definition) is 5. The highest BCUT2D eigenvalue weighted by molar-refractivity contribution is 8.01. The van der Waals surface area contributed by atoms with Gasteiger partial charge in [-0.3, -0.25) is 0 Å². The van der Waals surface area contributed by atoms with Gasteiger partial charge in [0.15, 0.2) is 0 Å². The average molecular weight is 443 g/mol. The van der Waals surface area contributed by atoms with Crippen LogP contribution >= 0.6 is 81.4 Å². The molecule has 0 rings (SSSR count). The van der Waals surface area contributed by atoms with Crippen LogP contribution in [0.15, 0.2) is 0 Å². The van der Waals surface area contributed by atoms with E-state index in [0.29, 0.717) is 11.8 Å². The Balaban J connectivity index is 5.12. The number of amides is 2. The van der Waals surface area contributed by atoms with E-state index in [9.17, 15) is 9.59 Å². The molecule has 13 heteroatoms.